The van der Waals surface area contributed by atoms with Gasteiger partial charge in [-0.3, -0.25) is 4.90 Å². The van der Waals surface area contributed by atoms with Crippen LogP contribution in [0.25, 0.3) is 0 Å². The van der Waals surface area contributed by atoms with Crippen LogP contribution in [-0.4, -0.2) is 47.0 Å². The fourth-order valence-corrected chi connectivity index (χ4v) is 3.04. The lowest BCUT2D eigenvalue weighted by Gasteiger charge is -2.34. The summed E-state index contributed by atoms with van der Waals surface area (Å²) in [6, 6.07) is 0. The first-order valence-corrected chi connectivity index (χ1v) is 8.73. The van der Waals surface area contributed by atoms with E-state index in [-0.39, 0.29) is 24.4 Å². The predicted octanol–water partition coefficient (Wildman–Crippen LogP) is 3.96. The SMILES string of the molecule is CC(C)(C)OC(=O)N1CC/C(=C/B2OC(C)(C)C(C)(C)O2)C1(C)C. The molecule has 5 nitrogen and oxygen atoms in total. The Bertz CT molecular complexity index is 530. The number of amides is 1. The van der Waals surface area contributed by atoms with Gasteiger partial charge in [-0.1, -0.05) is 11.5 Å². The second-order valence-electron chi connectivity index (χ2n) is 9.26. The van der Waals surface area contributed by atoms with Crippen molar-refractivity contribution in [3.8, 4) is 0 Å². The van der Waals surface area contributed by atoms with E-state index in [4.69, 9.17) is 14.0 Å². The summed E-state index contributed by atoms with van der Waals surface area (Å²) in [5, 5.41) is 0. The van der Waals surface area contributed by atoms with Gasteiger partial charge in [0.2, 0.25) is 0 Å². The van der Waals surface area contributed by atoms with Crippen LogP contribution >= 0.6 is 0 Å². The fraction of sp³-hybridized carbons (Fsp3) is 0.833. The molecule has 0 saturated carbocycles. The lowest BCUT2D eigenvalue weighted by Crippen LogP contribution is -2.46. The Morgan fingerprint density at radius 1 is 1.12 bits per heavy atom. The molecule has 0 radical (unpaired) electrons. The number of hydrogen-bond acceptors (Lipinski definition) is 4. The Morgan fingerprint density at radius 2 is 1.62 bits per heavy atom. The number of carbonyl (C=O) groups excluding carboxylic acids is 1. The molecule has 0 bridgehead atoms. The molecule has 2 rings (SSSR count). The average Bonchev–Trinajstić information content (AvgIpc) is 2.71. The molecule has 136 valence electrons. The van der Waals surface area contributed by atoms with E-state index in [1.54, 1.807) is 4.90 Å². The van der Waals surface area contributed by atoms with E-state index in [1.807, 2.05) is 68.3 Å². The quantitative estimate of drug-likeness (QED) is 0.680. The number of likely N-dealkylation sites (tertiary alicyclic amines) is 1. The molecule has 2 aliphatic heterocycles. The summed E-state index contributed by atoms with van der Waals surface area (Å²) >= 11 is 0. The third-order valence-electron chi connectivity index (χ3n) is 5.29. The van der Waals surface area contributed by atoms with Crippen LogP contribution in [-0.2, 0) is 14.0 Å². The minimum atomic E-state index is -0.495. The van der Waals surface area contributed by atoms with Crippen molar-refractivity contribution in [2.75, 3.05) is 6.54 Å². The van der Waals surface area contributed by atoms with Crippen LogP contribution in [0, 0.1) is 0 Å². The van der Waals surface area contributed by atoms with Gasteiger partial charge in [0.05, 0.1) is 16.7 Å². The zero-order valence-corrected chi connectivity index (χ0v) is 16.6. The molecular formula is C18H32BNO4. The maximum Gasteiger partial charge on any atom is 0.487 e. The molecule has 24 heavy (non-hydrogen) atoms. The monoisotopic (exact) mass is 337 g/mol. The lowest BCUT2D eigenvalue weighted by molar-refractivity contribution is 0.00578. The van der Waals surface area contributed by atoms with Gasteiger partial charge < -0.3 is 14.0 Å². The van der Waals surface area contributed by atoms with Gasteiger partial charge in [-0.25, -0.2) is 4.79 Å². The second-order valence-corrected chi connectivity index (χ2v) is 9.26. The summed E-state index contributed by atoms with van der Waals surface area (Å²) in [6.45, 7) is 18.5. The van der Waals surface area contributed by atoms with Crippen molar-refractivity contribution in [2.24, 2.45) is 0 Å². The highest BCUT2D eigenvalue weighted by Crippen LogP contribution is 2.40. The number of nitrogens with zero attached hydrogens (tertiary/aromatic N) is 1. The van der Waals surface area contributed by atoms with Gasteiger partial charge in [0, 0.05) is 6.54 Å². The molecule has 0 atom stereocenters. The van der Waals surface area contributed by atoms with Crippen molar-refractivity contribution in [1.29, 1.82) is 0 Å². The maximum absolute atomic E-state index is 12.5. The summed E-state index contributed by atoms with van der Waals surface area (Å²) in [6.07, 6.45) is 0.529. The van der Waals surface area contributed by atoms with Crippen molar-refractivity contribution < 1.29 is 18.8 Å². The van der Waals surface area contributed by atoms with Crippen molar-refractivity contribution in [3.05, 3.63) is 11.5 Å². The third kappa shape index (κ3) is 3.64. The van der Waals surface area contributed by atoms with Crippen LogP contribution < -0.4 is 0 Å². The van der Waals surface area contributed by atoms with Crippen molar-refractivity contribution in [2.45, 2.75) is 91.1 Å². The zero-order valence-electron chi connectivity index (χ0n) is 16.6. The molecule has 0 aromatic rings. The summed E-state index contributed by atoms with van der Waals surface area (Å²) in [5.74, 6) is 2.03. The third-order valence-corrected chi connectivity index (χ3v) is 5.29. The van der Waals surface area contributed by atoms with E-state index in [2.05, 4.69) is 0 Å². The van der Waals surface area contributed by atoms with Crippen LogP contribution in [0.5, 0.6) is 0 Å². The molecule has 2 heterocycles. The Hall–Kier alpha value is -1.01. The largest absolute Gasteiger partial charge is 0.487 e. The molecule has 6 heteroatoms. The normalized spacial score (nSPS) is 27.0. The van der Waals surface area contributed by atoms with E-state index in [0.717, 1.165) is 12.0 Å². The number of rotatable bonds is 1. The van der Waals surface area contributed by atoms with Crippen LogP contribution in [0.15, 0.2) is 11.5 Å². The molecule has 0 aromatic heterocycles. The minimum Gasteiger partial charge on any atom is -0.444 e. The van der Waals surface area contributed by atoms with Gasteiger partial charge in [0.1, 0.15) is 5.60 Å². The summed E-state index contributed by atoms with van der Waals surface area (Å²) in [5.41, 5.74) is -0.478. The van der Waals surface area contributed by atoms with Crippen molar-refractivity contribution in [1.82, 2.24) is 4.90 Å². The Labute approximate surface area is 146 Å². The number of ether oxygens (including phenoxy) is 1. The Kier molecular flexibility index (Phi) is 4.64. The molecule has 0 unspecified atom stereocenters. The molecular weight excluding hydrogens is 305 g/mol. The first kappa shape index (κ1) is 19.3. The van der Waals surface area contributed by atoms with Gasteiger partial charge in [-0.15, -0.1) is 0 Å². The van der Waals surface area contributed by atoms with E-state index in [9.17, 15) is 4.79 Å². The average molecular weight is 337 g/mol. The molecule has 2 fully saturated rings. The maximum atomic E-state index is 12.5. The fourth-order valence-electron chi connectivity index (χ4n) is 3.04. The van der Waals surface area contributed by atoms with Crippen LogP contribution in [0.3, 0.4) is 0 Å². The zero-order chi connectivity index (χ0) is 18.6. The first-order valence-electron chi connectivity index (χ1n) is 8.73. The van der Waals surface area contributed by atoms with Gasteiger partial charge in [0.25, 0.3) is 0 Å². The highest BCUT2D eigenvalue weighted by molar-refractivity contribution is 6.51. The summed E-state index contributed by atoms with van der Waals surface area (Å²) < 4.78 is 17.7. The molecule has 0 spiro atoms. The van der Waals surface area contributed by atoms with Crippen molar-refractivity contribution >= 4 is 13.2 Å². The molecule has 0 N–H and O–H groups in total. The number of hydrogen-bond donors (Lipinski definition) is 0. The predicted molar refractivity (Wildman–Crippen MR) is 95.8 cm³/mol. The molecule has 1 amide bonds. The summed E-state index contributed by atoms with van der Waals surface area (Å²) in [7, 11) is -0.386. The smallest absolute Gasteiger partial charge is 0.444 e. The van der Waals surface area contributed by atoms with E-state index in [1.165, 1.54) is 0 Å². The highest BCUT2D eigenvalue weighted by Gasteiger charge is 2.51. The lowest BCUT2D eigenvalue weighted by atomic mass is 9.81. The van der Waals surface area contributed by atoms with Gasteiger partial charge in [0.15, 0.2) is 0 Å². The van der Waals surface area contributed by atoms with E-state index < -0.39 is 11.1 Å². The highest BCUT2D eigenvalue weighted by atomic mass is 16.7. The van der Waals surface area contributed by atoms with E-state index in [0.29, 0.717) is 6.54 Å². The minimum absolute atomic E-state index is 0.273. The number of carbonyl (C=O) groups is 1. The Morgan fingerprint density at radius 3 is 2.08 bits per heavy atom. The van der Waals surface area contributed by atoms with Crippen LogP contribution in [0.2, 0.25) is 0 Å². The molecule has 0 aliphatic carbocycles. The van der Waals surface area contributed by atoms with Gasteiger partial charge in [-0.05, 0) is 68.7 Å². The first-order chi connectivity index (χ1) is 10.7. The van der Waals surface area contributed by atoms with Crippen LogP contribution in [0.1, 0.15) is 68.7 Å². The standard InChI is InChI=1S/C18H32BNO4/c1-15(2,3)22-14(21)20-11-10-13(16(20,4)5)12-19-23-17(6,7)18(8,9)24-19/h12H,10-11H2,1-9H3/b13-12-. The van der Waals surface area contributed by atoms with E-state index >= 15 is 0 Å². The molecule has 0 aromatic carbocycles. The second kappa shape index (κ2) is 5.77. The van der Waals surface area contributed by atoms with Crippen molar-refractivity contribution in [3.63, 3.8) is 0 Å². The van der Waals surface area contributed by atoms with Gasteiger partial charge in [-0.2, -0.15) is 0 Å². The van der Waals surface area contributed by atoms with Gasteiger partial charge >= 0.3 is 13.2 Å². The molecule has 2 saturated heterocycles. The van der Waals surface area contributed by atoms with Crippen LogP contribution in [0.4, 0.5) is 4.79 Å². The Balaban J connectivity index is 2.15. The topological polar surface area (TPSA) is 48.0 Å². The molecule has 2 aliphatic rings. The summed E-state index contributed by atoms with van der Waals surface area (Å²) in [4.78, 5) is 14.3.